The average Bonchev–Trinajstić information content (AvgIpc) is 2.68. The van der Waals surface area contributed by atoms with Gasteiger partial charge >= 0.3 is 0 Å². The number of hydrogen-bond donors (Lipinski definition) is 3. The van der Waals surface area contributed by atoms with Crippen LogP contribution in [0.1, 0.15) is 37.6 Å². The van der Waals surface area contributed by atoms with Crippen LogP contribution in [0.3, 0.4) is 0 Å². The Bertz CT molecular complexity index is 1030. The summed E-state index contributed by atoms with van der Waals surface area (Å²) in [5.74, 6) is -0.840. The number of benzene rings is 2. The number of carbonyl (C=O) groups excluding carboxylic acids is 3. The normalized spacial score (nSPS) is 11.2. The fourth-order valence-electron chi connectivity index (χ4n) is 2.44. The number of ketones is 1. The molecule has 9 heteroatoms. The first kappa shape index (κ1) is 23.2. The number of carbonyl (C=O) groups is 3. The second kappa shape index (κ2) is 10.1. The van der Waals surface area contributed by atoms with Gasteiger partial charge in [0, 0.05) is 35.8 Å². The zero-order valence-electron chi connectivity index (χ0n) is 17.1. The smallest absolute Gasteiger partial charge is 0.240 e. The summed E-state index contributed by atoms with van der Waals surface area (Å²) in [6, 6.07) is 12.3. The van der Waals surface area contributed by atoms with Crippen LogP contribution in [0.15, 0.2) is 53.4 Å². The van der Waals surface area contributed by atoms with Crippen LogP contribution in [-0.4, -0.2) is 32.6 Å². The van der Waals surface area contributed by atoms with Crippen molar-refractivity contribution in [3.8, 4) is 0 Å². The van der Waals surface area contributed by atoms with Gasteiger partial charge in [-0.1, -0.05) is 32.0 Å². The predicted molar refractivity (Wildman–Crippen MR) is 115 cm³/mol. The molecule has 2 amide bonds. The van der Waals surface area contributed by atoms with E-state index in [2.05, 4.69) is 15.4 Å². The molecule has 0 aliphatic carbocycles. The van der Waals surface area contributed by atoms with Crippen LogP contribution in [0.25, 0.3) is 0 Å². The van der Waals surface area contributed by atoms with Gasteiger partial charge in [-0.3, -0.25) is 14.4 Å². The molecule has 30 heavy (non-hydrogen) atoms. The fraction of sp³-hybridized carbons (Fsp3) is 0.286. The van der Waals surface area contributed by atoms with Gasteiger partial charge in [0.2, 0.25) is 21.8 Å². The Morgan fingerprint density at radius 3 is 2.10 bits per heavy atom. The highest BCUT2D eigenvalue weighted by atomic mass is 32.2. The molecule has 3 N–H and O–H groups in total. The Labute approximate surface area is 176 Å². The largest absolute Gasteiger partial charge is 0.326 e. The molecule has 0 radical (unpaired) electrons. The molecule has 0 atom stereocenters. The van der Waals surface area contributed by atoms with Crippen LogP contribution >= 0.6 is 0 Å². The van der Waals surface area contributed by atoms with Crippen molar-refractivity contribution < 1.29 is 22.8 Å². The highest BCUT2D eigenvalue weighted by molar-refractivity contribution is 7.89. The average molecular weight is 432 g/mol. The van der Waals surface area contributed by atoms with Crippen molar-refractivity contribution in [1.82, 2.24) is 4.72 Å². The van der Waals surface area contributed by atoms with Gasteiger partial charge in [-0.15, -0.1) is 0 Å². The molecule has 8 nitrogen and oxygen atoms in total. The van der Waals surface area contributed by atoms with E-state index in [4.69, 9.17) is 0 Å². The number of Topliss-reactive ketones (excluding diaryl/α,β-unsaturated/α-hetero) is 1. The van der Waals surface area contributed by atoms with Crippen molar-refractivity contribution in [3.05, 3.63) is 54.1 Å². The molecule has 2 rings (SSSR count). The molecule has 0 spiro atoms. The number of anilines is 2. The number of amides is 2. The molecular weight excluding hydrogens is 406 g/mol. The van der Waals surface area contributed by atoms with Crippen LogP contribution in [-0.2, 0) is 19.6 Å². The van der Waals surface area contributed by atoms with E-state index in [1.54, 1.807) is 38.1 Å². The van der Waals surface area contributed by atoms with Crippen LogP contribution < -0.4 is 15.4 Å². The first-order chi connectivity index (χ1) is 14.1. The quantitative estimate of drug-likeness (QED) is 0.527. The Morgan fingerprint density at radius 2 is 1.53 bits per heavy atom. The molecule has 0 aliphatic rings. The molecule has 0 fully saturated rings. The summed E-state index contributed by atoms with van der Waals surface area (Å²) < 4.78 is 26.9. The van der Waals surface area contributed by atoms with E-state index < -0.39 is 10.0 Å². The van der Waals surface area contributed by atoms with Gasteiger partial charge in [-0.05, 0) is 37.3 Å². The molecule has 0 heterocycles. The minimum atomic E-state index is -3.79. The highest BCUT2D eigenvalue weighted by Crippen LogP contribution is 2.16. The third-order valence-electron chi connectivity index (χ3n) is 4.15. The standard InChI is InChI=1S/C21H25N3O5S/c1-14(2)21(27)24-18-6-4-5-17(13-18)23-20(26)11-12-22-30(28,29)19-9-7-16(8-10-19)15(3)25/h4-10,13-14,22H,11-12H2,1-3H3,(H,23,26)(H,24,27). The Morgan fingerprint density at radius 1 is 0.933 bits per heavy atom. The lowest BCUT2D eigenvalue weighted by Crippen LogP contribution is -2.28. The van der Waals surface area contributed by atoms with Crippen LogP contribution in [0.4, 0.5) is 11.4 Å². The second-order valence-electron chi connectivity index (χ2n) is 7.00. The third-order valence-corrected chi connectivity index (χ3v) is 5.63. The summed E-state index contributed by atoms with van der Waals surface area (Å²) in [7, 11) is -3.79. The number of nitrogens with one attached hydrogen (secondary N) is 3. The Balaban J connectivity index is 1.88. The molecule has 0 saturated carbocycles. The second-order valence-corrected chi connectivity index (χ2v) is 8.77. The minimum absolute atomic E-state index is 0.0153. The van der Waals surface area contributed by atoms with Gasteiger partial charge < -0.3 is 10.6 Å². The van der Waals surface area contributed by atoms with Gasteiger partial charge in [0.1, 0.15) is 0 Å². The third kappa shape index (κ3) is 6.78. The zero-order valence-corrected chi connectivity index (χ0v) is 17.9. The number of sulfonamides is 1. The molecule has 2 aromatic carbocycles. The predicted octanol–water partition coefficient (Wildman–Crippen LogP) is 2.79. The summed E-state index contributed by atoms with van der Waals surface area (Å²) >= 11 is 0. The number of rotatable bonds is 9. The van der Waals surface area contributed by atoms with E-state index in [-0.39, 0.29) is 41.4 Å². The molecule has 0 bridgehead atoms. The lowest BCUT2D eigenvalue weighted by molar-refractivity contribution is -0.119. The summed E-state index contributed by atoms with van der Waals surface area (Å²) in [5.41, 5.74) is 1.46. The molecule has 2 aromatic rings. The van der Waals surface area contributed by atoms with Gasteiger partial charge in [0.05, 0.1) is 4.90 Å². The van der Waals surface area contributed by atoms with Gasteiger partial charge in [-0.25, -0.2) is 13.1 Å². The van der Waals surface area contributed by atoms with Crippen molar-refractivity contribution in [3.63, 3.8) is 0 Å². The van der Waals surface area contributed by atoms with Crippen molar-refractivity contribution in [2.45, 2.75) is 32.1 Å². The van der Waals surface area contributed by atoms with E-state index in [0.717, 1.165) is 0 Å². The molecule has 0 unspecified atom stereocenters. The van der Waals surface area contributed by atoms with E-state index in [1.165, 1.54) is 31.2 Å². The van der Waals surface area contributed by atoms with Crippen LogP contribution in [0.5, 0.6) is 0 Å². The highest BCUT2D eigenvalue weighted by Gasteiger charge is 2.15. The monoisotopic (exact) mass is 431 g/mol. The maximum atomic E-state index is 12.3. The molecular formula is C21H25N3O5S. The summed E-state index contributed by atoms with van der Waals surface area (Å²) in [4.78, 5) is 35.2. The van der Waals surface area contributed by atoms with Crippen LogP contribution in [0.2, 0.25) is 0 Å². The molecule has 0 saturated heterocycles. The lowest BCUT2D eigenvalue weighted by Gasteiger charge is -2.11. The lowest BCUT2D eigenvalue weighted by atomic mass is 10.2. The van der Waals surface area contributed by atoms with E-state index in [1.807, 2.05) is 0 Å². The maximum absolute atomic E-state index is 12.3. The first-order valence-electron chi connectivity index (χ1n) is 9.40. The topological polar surface area (TPSA) is 121 Å². The summed E-state index contributed by atoms with van der Waals surface area (Å²) in [6.45, 7) is 4.86. The minimum Gasteiger partial charge on any atom is -0.326 e. The van der Waals surface area contributed by atoms with Gasteiger partial charge in [0.15, 0.2) is 5.78 Å². The maximum Gasteiger partial charge on any atom is 0.240 e. The molecule has 0 aliphatic heterocycles. The van der Waals surface area contributed by atoms with Crippen molar-refractivity contribution >= 4 is 39.0 Å². The van der Waals surface area contributed by atoms with Gasteiger partial charge in [0.25, 0.3) is 0 Å². The molecule has 0 aromatic heterocycles. The fourth-order valence-corrected chi connectivity index (χ4v) is 3.47. The zero-order chi connectivity index (χ0) is 22.3. The summed E-state index contributed by atoms with van der Waals surface area (Å²) in [5, 5.41) is 5.41. The SMILES string of the molecule is CC(=O)c1ccc(S(=O)(=O)NCCC(=O)Nc2cccc(NC(=O)C(C)C)c2)cc1. The Kier molecular flexibility index (Phi) is 7.85. The number of hydrogen-bond acceptors (Lipinski definition) is 5. The van der Waals surface area contributed by atoms with E-state index in [0.29, 0.717) is 16.9 Å². The van der Waals surface area contributed by atoms with E-state index >= 15 is 0 Å². The van der Waals surface area contributed by atoms with E-state index in [9.17, 15) is 22.8 Å². The van der Waals surface area contributed by atoms with Gasteiger partial charge in [-0.2, -0.15) is 0 Å². The first-order valence-corrected chi connectivity index (χ1v) is 10.9. The summed E-state index contributed by atoms with van der Waals surface area (Å²) in [6.07, 6.45) is -0.0761. The molecule has 160 valence electrons. The van der Waals surface area contributed by atoms with Crippen molar-refractivity contribution in [2.24, 2.45) is 5.92 Å². The van der Waals surface area contributed by atoms with Crippen LogP contribution in [0, 0.1) is 5.92 Å². The van der Waals surface area contributed by atoms with Crippen molar-refractivity contribution in [2.75, 3.05) is 17.2 Å². The Hall–Kier alpha value is -3.04. The van der Waals surface area contributed by atoms with Crippen molar-refractivity contribution in [1.29, 1.82) is 0 Å².